The van der Waals surface area contributed by atoms with E-state index in [2.05, 4.69) is 22.3 Å². The molecule has 0 radical (unpaired) electrons. The monoisotopic (exact) mass is 180 g/mol. The maximum absolute atomic E-state index is 9.30. The van der Waals surface area contributed by atoms with E-state index in [0.29, 0.717) is 6.04 Å². The van der Waals surface area contributed by atoms with Gasteiger partial charge in [-0.3, -0.25) is 0 Å². The van der Waals surface area contributed by atoms with Crippen molar-refractivity contribution in [3.05, 3.63) is 24.5 Å². The lowest BCUT2D eigenvalue weighted by molar-refractivity contribution is 0.0499. The average molecular weight is 180 g/mol. The SMILES string of the molecule is O[C@@H]1CC[C@H]1NCCn1cccc1. The molecule has 0 aromatic carbocycles. The molecule has 0 unspecified atom stereocenters. The normalized spacial score (nSPS) is 27.2. The average Bonchev–Trinajstić information content (AvgIpc) is 2.62. The molecular weight excluding hydrogens is 164 g/mol. The summed E-state index contributed by atoms with van der Waals surface area (Å²) in [5, 5.41) is 12.6. The summed E-state index contributed by atoms with van der Waals surface area (Å²) >= 11 is 0. The molecule has 0 amide bonds. The summed E-state index contributed by atoms with van der Waals surface area (Å²) in [4.78, 5) is 0. The predicted molar refractivity (Wildman–Crippen MR) is 51.5 cm³/mol. The van der Waals surface area contributed by atoms with Crippen LogP contribution in [0.2, 0.25) is 0 Å². The van der Waals surface area contributed by atoms with Crippen LogP contribution in [-0.4, -0.2) is 28.4 Å². The van der Waals surface area contributed by atoms with E-state index in [4.69, 9.17) is 0 Å². The molecule has 3 nitrogen and oxygen atoms in total. The summed E-state index contributed by atoms with van der Waals surface area (Å²) < 4.78 is 2.14. The Balaban J connectivity index is 1.64. The third-order valence-electron chi connectivity index (χ3n) is 2.68. The molecule has 0 aliphatic heterocycles. The second-order valence-electron chi connectivity index (χ2n) is 3.63. The van der Waals surface area contributed by atoms with E-state index in [1.54, 1.807) is 0 Å². The van der Waals surface area contributed by atoms with E-state index in [-0.39, 0.29) is 6.10 Å². The molecule has 1 aromatic heterocycles. The van der Waals surface area contributed by atoms with Crippen LogP contribution < -0.4 is 5.32 Å². The van der Waals surface area contributed by atoms with Crippen LogP contribution in [-0.2, 0) is 6.54 Å². The molecule has 13 heavy (non-hydrogen) atoms. The minimum Gasteiger partial charge on any atom is -0.392 e. The summed E-state index contributed by atoms with van der Waals surface area (Å²) in [7, 11) is 0. The van der Waals surface area contributed by atoms with Crippen LogP contribution in [0.3, 0.4) is 0 Å². The Kier molecular flexibility index (Phi) is 2.66. The van der Waals surface area contributed by atoms with Crippen molar-refractivity contribution in [3.63, 3.8) is 0 Å². The molecule has 2 atom stereocenters. The second-order valence-corrected chi connectivity index (χ2v) is 3.63. The Hall–Kier alpha value is -0.800. The zero-order valence-electron chi connectivity index (χ0n) is 7.69. The number of rotatable bonds is 4. The number of hydrogen-bond acceptors (Lipinski definition) is 2. The van der Waals surface area contributed by atoms with Crippen molar-refractivity contribution in [1.82, 2.24) is 9.88 Å². The number of hydrogen-bond donors (Lipinski definition) is 2. The predicted octanol–water partition coefficient (Wildman–Crippen LogP) is 0.601. The summed E-state index contributed by atoms with van der Waals surface area (Å²) in [6.07, 6.45) is 6.08. The molecule has 0 bridgehead atoms. The molecular formula is C10H16N2O. The lowest BCUT2D eigenvalue weighted by Crippen LogP contribution is -2.48. The Morgan fingerprint density at radius 2 is 2.08 bits per heavy atom. The van der Waals surface area contributed by atoms with Crippen molar-refractivity contribution in [1.29, 1.82) is 0 Å². The molecule has 1 heterocycles. The van der Waals surface area contributed by atoms with E-state index in [1.807, 2.05) is 12.1 Å². The van der Waals surface area contributed by atoms with Crippen molar-refractivity contribution >= 4 is 0 Å². The maximum atomic E-state index is 9.30. The third-order valence-corrected chi connectivity index (χ3v) is 2.68. The molecule has 1 aromatic rings. The highest BCUT2D eigenvalue weighted by molar-refractivity contribution is 4.91. The fraction of sp³-hybridized carbons (Fsp3) is 0.600. The molecule has 1 saturated carbocycles. The standard InChI is InChI=1S/C10H16N2O/c13-10-4-3-9(10)11-5-8-12-6-1-2-7-12/h1-2,6-7,9-11,13H,3-5,8H2/t9-,10-/m1/s1. The fourth-order valence-corrected chi connectivity index (χ4v) is 1.62. The summed E-state index contributed by atoms with van der Waals surface area (Å²) in [6.45, 7) is 1.92. The van der Waals surface area contributed by atoms with Gasteiger partial charge < -0.3 is 15.0 Å². The smallest absolute Gasteiger partial charge is 0.0693 e. The van der Waals surface area contributed by atoms with Gasteiger partial charge >= 0.3 is 0 Å². The first-order valence-corrected chi connectivity index (χ1v) is 4.88. The highest BCUT2D eigenvalue weighted by Crippen LogP contribution is 2.18. The van der Waals surface area contributed by atoms with Crippen LogP contribution in [0.5, 0.6) is 0 Å². The summed E-state index contributed by atoms with van der Waals surface area (Å²) in [6, 6.07) is 4.40. The number of aromatic nitrogens is 1. The Bertz CT molecular complexity index is 245. The second kappa shape index (κ2) is 3.94. The molecule has 2 rings (SSSR count). The van der Waals surface area contributed by atoms with E-state index < -0.39 is 0 Å². The Labute approximate surface area is 78.4 Å². The molecule has 0 spiro atoms. The van der Waals surface area contributed by atoms with Gasteiger partial charge in [0, 0.05) is 31.5 Å². The first-order chi connectivity index (χ1) is 6.36. The fourth-order valence-electron chi connectivity index (χ4n) is 1.62. The lowest BCUT2D eigenvalue weighted by atomic mass is 9.89. The number of nitrogens with one attached hydrogen (secondary N) is 1. The number of aliphatic hydroxyl groups excluding tert-OH is 1. The quantitative estimate of drug-likeness (QED) is 0.712. The molecule has 0 saturated heterocycles. The Morgan fingerprint density at radius 1 is 1.31 bits per heavy atom. The molecule has 72 valence electrons. The van der Waals surface area contributed by atoms with Gasteiger partial charge in [-0.25, -0.2) is 0 Å². The number of aliphatic hydroxyl groups is 1. The zero-order chi connectivity index (χ0) is 9.10. The van der Waals surface area contributed by atoms with Crippen LogP contribution in [0.4, 0.5) is 0 Å². The third kappa shape index (κ3) is 2.11. The highest BCUT2D eigenvalue weighted by atomic mass is 16.3. The van der Waals surface area contributed by atoms with Crippen LogP contribution in [0.1, 0.15) is 12.8 Å². The van der Waals surface area contributed by atoms with Gasteiger partial charge in [0.2, 0.25) is 0 Å². The van der Waals surface area contributed by atoms with Crippen molar-refractivity contribution in [2.45, 2.75) is 31.5 Å². The van der Waals surface area contributed by atoms with Crippen LogP contribution in [0.25, 0.3) is 0 Å². The lowest BCUT2D eigenvalue weighted by Gasteiger charge is -2.33. The largest absolute Gasteiger partial charge is 0.392 e. The molecule has 1 fully saturated rings. The first kappa shape index (κ1) is 8.78. The topological polar surface area (TPSA) is 37.2 Å². The van der Waals surface area contributed by atoms with Crippen LogP contribution in [0, 0.1) is 0 Å². The van der Waals surface area contributed by atoms with Crippen LogP contribution in [0.15, 0.2) is 24.5 Å². The molecule has 3 heteroatoms. The minimum absolute atomic E-state index is 0.107. The van der Waals surface area contributed by atoms with E-state index >= 15 is 0 Å². The van der Waals surface area contributed by atoms with Gasteiger partial charge in [0.15, 0.2) is 0 Å². The maximum Gasteiger partial charge on any atom is 0.0693 e. The minimum atomic E-state index is -0.107. The van der Waals surface area contributed by atoms with Gasteiger partial charge in [0.05, 0.1) is 6.10 Å². The van der Waals surface area contributed by atoms with Gasteiger partial charge in [-0.15, -0.1) is 0 Å². The van der Waals surface area contributed by atoms with E-state index in [9.17, 15) is 5.11 Å². The number of nitrogens with zero attached hydrogens (tertiary/aromatic N) is 1. The van der Waals surface area contributed by atoms with Crippen LogP contribution >= 0.6 is 0 Å². The van der Waals surface area contributed by atoms with E-state index in [1.165, 1.54) is 0 Å². The van der Waals surface area contributed by atoms with Crippen molar-refractivity contribution in [3.8, 4) is 0 Å². The molecule has 2 N–H and O–H groups in total. The van der Waals surface area contributed by atoms with E-state index in [0.717, 1.165) is 25.9 Å². The van der Waals surface area contributed by atoms with Crippen molar-refractivity contribution in [2.75, 3.05) is 6.54 Å². The highest BCUT2D eigenvalue weighted by Gasteiger charge is 2.27. The van der Waals surface area contributed by atoms with Gasteiger partial charge in [-0.1, -0.05) is 0 Å². The first-order valence-electron chi connectivity index (χ1n) is 4.88. The van der Waals surface area contributed by atoms with Gasteiger partial charge in [0.1, 0.15) is 0 Å². The van der Waals surface area contributed by atoms with Crippen molar-refractivity contribution < 1.29 is 5.11 Å². The Morgan fingerprint density at radius 3 is 2.62 bits per heavy atom. The summed E-state index contributed by atoms with van der Waals surface area (Å²) in [5.41, 5.74) is 0. The molecule has 1 aliphatic carbocycles. The summed E-state index contributed by atoms with van der Waals surface area (Å²) in [5.74, 6) is 0. The zero-order valence-corrected chi connectivity index (χ0v) is 7.69. The van der Waals surface area contributed by atoms with Gasteiger partial charge in [0.25, 0.3) is 0 Å². The van der Waals surface area contributed by atoms with Gasteiger partial charge in [-0.2, -0.15) is 0 Å². The van der Waals surface area contributed by atoms with Crippen molar-refractivity contribution in [2.24, 2.45) is 0 Å². The van der Waals surface area contributed by atoms with Gasteiger partial charge in [-0.05, 0) is 25.0 Å². The molecule has 1 aliphatic rings.